The Morgan fingerprint density at radius 1 is 1.24 bits per heavy atom. The van der Waals surface area contributed by atoms with Gasteiger partial charge in [0.25, 0.3) is 0 Å². The number of carbonyl (C=O) groups excluding carboxylic acids is 1. The number of hydrogen-bond donors (Lipinski definition) is 1. The van der Waals surface area contributed by atoms with Crippen LogP contribution in [-0.4, -0.2) is 24.3 Å². The van der Waals surface area contributed by atoms with Crippen molar-refractivity contribution in [3.8, 4) is 0 Å². The third kappa shape index (κ3) is 3.30. The fourth-order valence-corrected chi connectivity index (χ4v) is 1.73. The molecule has 3 heteroatoms. The summed E-state index contributed by atoms with van der Waals surface area (Å²) in [6.45, 7) is 5.70. The summed E-state index contributed by atoms with van der Waals surface area (Å²) < 4.78 is 4.78. The molecule has 0 aliphatic rings. The summed E-state index contributed by atoms with van der Waals surface area (Å²) in [7, 11) is 1.34. The van der Waals surface area contributed by atoms with E-state index in [9.17, 15) is 9.90 Å². The molecular formula is C14H20O3. The van der Waals surface area contributed by atoms with E-state index in [4.69, 9.17) is 4.74 Å². The van der Waals surface area contributed by atoms with Crippen molar-refractivity contribution >= 4 is 5.97 Å². The maximum absolute atomic E-state index is 11.8. The first-order chi connectivity index (χ1) is 7.88. The third-order valence-corrected chi connectivity index (χ3v) is 2.82. The molecule has 0 aromatic heterocycles. The molecule has 17 heavy (non-hydrogen) atoms. The number of aliphatic hydroxyl groups excluding tert-OH is 1. The number of benzene rings is 1. The maximum atomic E-state index is 11.8. The van der Waals surface area contributed by atoms with E-state index in [1.807, 2.05) is 51.1 Å². The van der Waals surface area contributed by atoms with Gasteiger partial charge in [0.15, 0.2) is 0 Å². The zero-order chi connectivity index (χ0) is 13.1. The minimum Gasteiger partial charge on any atom is -0.468 e. The van der Waals surface area contributed by atoms with Gasteiger partial charge < -0.3 is 9.84 Å². The standard InChI is InChI=1S/C14H20O3/c1-14(2,3)12(15)11(13(16)17-4)10-8-6-5-7-9-10/h5-9,11-12,15H,1-4H3/t11-,12-/m0/s1. The molecule has 0 spiro atoms. The molecule has 0 aliphatic carbocycles. The zero-order valence-electron chi connectivity index (χ0n) is 10.8. The Labute approximate surface area is 102 Å². The van der Waals surface area contributed by atoms with Crippen molar-refractivity contribution in [3.63, 3.8) is 0 Å². The summed E-state index contributed by atoms with van der Waals surface area (Å²) in [5.41, 5.74) is 0.399. The molecule has 0 saturated carbocycles. The molecule has 1 rings (SSSR count). The summed E-state index contributed by atoms with van der Waals surface area (Å²) in [6.07, 6.45) is -0.780. The van der Waals surface area contributed by atoms with Crippen LogP contribution in [0.2, 0.25) is 0 Å². The highest BCUT2D eigenvalue weighted by Gasteiger charge is 2.36. The Kier molecular flexibility index (Phi) is 4.29. The molecule has 94 valence electrons. The number of esters is 1. The third-order valence-electron chi connectivity index (χ3n) is 2.82. The number of methoxy groups -OCH3 is 1. The fraction of sp³-hybridized carbons (Fsp3) is 0.500. The Hall–Kier alpha value is -1.35. The first kappa shape index (κ1) is 13.7. The topological polar surface area (TPSA) is 46.5 Å². The van der Waals surface area contributed by atoms with E-state index >= 15 is 0 Å². The van der Waals surface area contributed by atoms with Crippen LogP contribution in [0.1, 0.15) is 32.3 Å². The van der Waals surface area contributed by atoms with Gasteiger partial charge in [0.1, 0.15) is 5.92 Å². The highest BCUT2D eigenvalue weighted by atomic mass is 16.5. The van der Waals surface area contributed by atoms with Crippen molar-refractivity contribution in [2.45, 2.75) is 32.8 Å². The largest absolute Gasteiger partial charge is 0.468 e. The summed E-state index contributed by atoms with van der Waals surface area (Å²) >= 11 is 0. The Morgan fingerprint density at radius 3 is 2.18 bits per heavy atom. The van der Waals surface area contributed by atoms with E-state index in [0.717, 1.165) is 5.56 Å². The second-order valence-corrected chi connectivity index (χ2v) is 5.22. The van der Waals surface area contributed by atoms with Crippen LogP contribution >= 0.6 is 0 Å². The number of rotatable bonds is 3. The molecule has 1 N–H and O–H groups in total. The Bertz CT molecular complexity index is 365. The highest BCUT2D eigenvalue weighted by molar-refractivity contribution is 5.79. The van der Waals surface area contributed by atoms with Gasteiger partial charge in [-0.25, -0.2) is 0 Å². The number of ether oxygens (including phenoxy) is 1. The van der Waals surface area contributed by atoms with Gasteiger partial charge in [-0.2, -0.15) is 0 Å². The predicted octanol–water partition coefficient (Wildman–Crippen LogP) is 2.35. The fourth-order valence-electron chi connectivity index (χ4n) is 1.73. The lowest BCUT2D eigenvalue weighted by molar-refractivity contribution is -0.147. The second-order valence-electron chi connectivity index (χ2n) is 5.22. The summed E-state index contributed by atoms with van der Waals surface area (Å²) in [5, 5.41) is 10.3. The van der Waals surface area contributed by atoms with Gasteiger partial charge in [-0.1, -0.05) is 51.1 Å². The van der Waals surface area contributed by atoms with E-state index in [0.29, 0.717) is 0 Å². The quantitative estimate of drug-likeness (QED) is 0.819. The number of aliphatic hydroxyl groups is 1. The molecule has 0 radical (unpaired) electrons. The summed E-state index contributed by atoms with van der Waals surface area (Å²) in [5.74, 6) is -1.04. The molecule has 1 aromatic rings. The molecule has 0 heterocycles. The first-order valence-electron chi connectivity index (χ1n) is 5.68. The zero-order valence-corrected chi connectivity index (χ0v) is 10.8. The lowest BCUT2D eigenvalue weighted by atomic mass is 9.78. The van der Waals surface area contributed by atoms with Gasteiger partial charge in [-0.05, 0) is 11.0 Å². The first-order valence-corrected chi connectivity index (χ1v) is 5.68. The molecule has 1 aromatic carbocycles. The molecule has 0 aliphatic heterocycles. The SMILES string of the molecule is COC(=O)[C@@H](c1ccccc1)[C@H](O)C(C)(C)C. The van der Waals surface area contributed by atoms with E-state index in [2.05, 4.69) is 0 Å². The van der Waals surface area contributed by atoms with E-state index in [1.54, 1.807) is 0 Å². The van der Waals surface area contributed by atoms with Gasteiger partial charge in [-0.15, -0.1) is 0 Å². The molecule has 0 fully saturated rings. The van der Waals surface area contributed by atoms with Crippen molar-refractivity contribution < 1.29 is 14.6 Å². The minimum absolute atomic E-state index is 0.380. The number of hydrogen-bond acceptors (Lipinski definition) is 3. The van der Waals surface area contributed by atoms with Gasteiger partial charge in [0, 0.05) is 0 Å². The second kappa shape index (κ2) is 5.32. The van der Waals surface area contributed by atoms with E-state index in [-0.39, 0.29) is 5.41 Å². The van der Waals surface area contributed by atoms with Crippen LogP contribution in [0.4, 0.5) is 0 Å². The van der Waals surface area contributed by atoms with Crippen molar-refractivity contribution in [1.82, 2.24) is 0 Å². The summed E-state index contributed by atoms with van der Waals surface area (Å²) in [6, 6.07) is 9.23. The average molecular weight is 236 g/mol. The molecule has 3 nitrogen and oxygen atoms in total. The van der Waals surface area contributed by atoms with Gasteiger partial charge in [0.05, 0.1) is 13.2 Å². The van der Waals surface area contributed by atoms with Crippen molar-refractivity contribution in [1.29, 1.82) is 0 Å². The molecule has 0 unspecified atom stereocenters. The van der Waals surface area contributed by atoms with Crippen LogP contribution in [0.5, 0.6) is 0 Å². The lowest BCUT2D eigenvalue weighted by Crippen LogP contribution is -2.37. The monoisotopic (exact) mass is 236 g/mol. The van der Waals surface area contributed by atoms with Crippen LogP contribution in [0, 0.1) is 5.41 Å². The predicted molar refractivity (Wildman–Crippen MR) is 66.7 cm³/mol. The normalized spacial score (nSPS) is 15.1. The Balaban J connectivity index is 3.10. The van der Waals surface area contributed by atoms with Crippen molar-refractivity contribution in [2.24, 2.45) is 5.41 Å². The van der Waals surface area contributed by atoms with E-state index < -0.39 is 18.0 Å². The molecule has 0 amide bonds. The maximum Gasteiger partial charge on any atom is 0.315 e. The van der Waals surface area contributed by atoms with Crippen LogP contribution in [0.3, 0.4) is 0 Å². The van der Waals surface area contributed by atoms with Crippen LogP contribution < -0.4 is 0 Å². The van der Waals surface area contributed by atoms with Gasteiger partial charge >= 0.3 is 5.97 Å². The van der Waals surface area contributed by atoms with Crippen LogP contribution in [0.15, 0.2) is 30.3 Å². The molecule has 0 bridgehead atoms. The smallest absolute Gasteiger partial charge is 0.315 e. The van der Waals surface area contributed by atoms with Crippen LogP contribution in [0.25, 0.3) is 0 Å². The van der Waals surface area contributed by atoms with Crippen molar-refractivity contribution in [2.75, 3.05) is 7.11 Å². The molecular weight excluding hydrogens is 216 g/mol. The van der Waals surface area contributed by atoms with Gasteiger partial charge in [0.2, 0.25) is 0 Å². The van der Waals surface area contributed by atoms with E-state index in [1.165, 1.54) is 7.11 Å². The lowest BCUT2D eigenvalue weighted by Gasteiger charge is -2.31. The molecule has 2 atom stereocenters. The average Bonchev–Trinajstić information content (AvgIpc) is 2.29. The van der Waals surface area contributed by atoms with Crippen molar-refractivity contribution in [3.05, 3.63) is 35.9 Å². The number of carbonyl (C=O) groups is 1. The van der Waals surface area contributed by atoms with Crippen LogP contribution in [-0.2, 0) is 9.53 Å². The highest BCUT2D eigenvalue weighted by Crippen LogP contribution is 2.32. The molecule has 0 saturated heterocycles. The minimum atomic E-state index is -0.780. The summed E-state index contributed by atoms with van der Waals surface area (Å²) in [4.78, 5) is 11.8. The van der Waals surface area contributed by atoms with Gasteiger partial charge in [-0.3, -0.25) is 4.79 Å². The Morgan fingerprint density at radius 2 is 1.76 bits per heavy atom.